The number of nitrogens with one attached hydrogen (secondary N) is 1. The van der Waals surface area contributed by atoms with Gasteiger partial charge in [-0.1, -0.05) is 48.0 Å². The summed E-state index contributed by atoms with van der Waals surface area (Å²) in [4.78, 5) is 14.4. The van der Waals surface area contributed by atoms with E-state index in [1.807, 2.05) is 30.9 Å². The van der Waals surface area contributed by atoms with E-state index in [4.69, 9.17) is 0 Å². The third-order valence-electron chi connectivity index (χ3n) is 5.09. The van der Waals surface area contributed by atoms with Crippen LogP contribution < -0.4 is 17.7 Å². The highest BCUT2D eigenvalue weighted by atomic mass is 35.5. The fourth-order valence-electron chi connectivity index (χ4n) is 3.63. The smallest absolute Gasteiger partial charge is 0.253 e. The molecule has 0 aliphatic carbocycles. The normalized spacial score (nSPS) is 13.6. The van der Waals surface area contributed by atoms with Gasteiger partial charge >= 0.3 is 0 Å². The van der Waals surface area contributed by atoms with Gasteiger partial charge in [-0.05, 0) is 68.6 Å². The second-order valence-corrected chi connectivity index (χ2v) is 6.65. The summed E-state index contributed by atoms with van der Waals surface area (Å²) >= 11 is 0. The van der Waals surface area contributed by atoms with Gasteiger partial charge in [0, 0.05) is 18.7 Å². The van der Waals surface area contributed by atoms with Crippen molar-refractivity contribution in [1.29, 1.82) is 0 Å². The summed E-state index contributed by atoms with van der Waals surface area (Å²) < 4.78 is 0. The molecule has 3 nitrogen and oxygen atoms in total. The summed E-state index contributed by atoms with van der Waals surface area (Å²) in [7, 11) is 0. The number of hydrogen-bond donors (Lipinski definition) is 1. The number of halogens is 1. The lowest BCUT2D eigenvalue weighted by Crippen LogP contribution is -3.00. The Morgan fingerprint density at radius 3 is 1.93 bits per heavy atom. The third-order valence-corrected chi connectivity index (χ3v) is 5.09. The van der Waals surface area contributed by atoms with Crippen LogP contribution in [-0.4, -0.2) is 37.0 Å². The zero-order chi connectivity index (χ0) is 18.4. The number of hydrogen-bond acceptors (Lipinski definition) is 2. The molecule has 0 atom stereocenters. The van der Waals surface area contributed by atoms with Crippen LogP contribution in [-0.2, 0) is 0 Å². The quantitative estimate of drug-likeness (QED) is 0.845. The van der Waals surface area contributed by atoms with E-state index in [9.17, 15) is 4.79 Å². The molecule has 2 aromatic carbocycles. The molecule has 1 aliphatic rings. The molecule has 1 heterocycles. The van der Waals surface area contributed by atoms with Crippen LogP contribution in [0.3, 0.4) is 0 Å². The minimum Gasteiger partial charge on any atom is -1.00 e. The van der Waals surface area contributed by atoms with Gasteiger partial charge < -0.3 is 22.6 Å². The van der Waals surface area contributed by atoms with Crippen LogP contribution in [0.5, 0.6) is 0 Å². The van der Waals surface area contributed by atoms with Crippen molar-refractivity contribution < 1.29 is 17.2 Å². The molecule has 0 spiro atoms. The molecule has 1 fully saturated rings. The van der Waals surface area contributed by atoms with Gasteiger partial charge in [0.2, 0.25) is 0 Å². The van der Waals surface area contributed by atoms with Gasteiger partial charge in [0.15, 0.2) is 0 Å². The Balaban J connectivity index is 0.00000261. The molecule has 3 rings (SSSR count). The van der Waals surface area contributed by atoms with Crippen LogP contribution in [0.1, 0.15) is 48.2 Å². The summed E-state index contributed by atoms with van der Waals surface area (Å²) in [5.74, 6) is 0.109. The number of nitrogens with zero attached hydrogens (tertiary/aromatic N) is 1. The minimum absolute atomic E-state index is 0. The summed E-state index contributed by atoms with van der Waals surface area (Å²) in [5.41, 5.74) is 6.04. The number of carbonyl (C=O) groups excluding carboxylic acids is 1. The minimum atomic E-state index is 0. The molecule has 4 heteroatoms. The van der Waals surface area contributed by atoms with Crippen LogP contribution in [0, 0.1) is 0 Å². The highest BCUT2D eigenvalue weighted by molar-refractivity contribution is 5.95. The van der Waals surface area contributed by atoms with Crippen molar-refractivity contribution in [3.05, 3.63) is 76.9 Å². The van der Waals surface area contributed by atoms with Gasteiger partial charge in [-0.3, -0.25) is 4.79 Å². The molecule has 144 valence electrons. The maximum atomic E-state index is 12.6. The largest absolute Gasteiger partial charge is 1.00 e. The molecule has 0 unspecified atom stereocenters. The van der Waals surface area contributed by atoms with E-state index in [0.717, 1.165) is 44.6 Å². The van der Waals surface area contributed by atoms with E-state index in [-0.39, 0.29) is 18.3 Å². The lowest BCUT2D eigenvalue weighted by molar-refractivity contribution is -0.0000153. The molecule has 0 aromatic heterocycles. The van der Waals surface area contributed by atoms with E-state index in [1.165, 1.54) is 22.3 Å². The summed E-state index contributed by atoms with van der Waals surface area (Å²) in [6.45, 7) is 7.58. The monoisotopic (exact) mass is 383 g/mol. The maximum absolute atomic E-state index is 12.6. The van der Waals surface area contributed by atoms with E-state index in [0.29, 0.717) is 0 Å². The number of amides is 1. The Morgan fingerprint density at radius 1 is 0.852 bits per heavy atom. The zero-order valence-electron chi connectivity index (χ0n) is 16.2. The van der Waals surface area contributed by atoms with Gasteiger partial charge in [-0.2, -0.15) is 0 Å². The summed E-state index contributed by atoms with van der Waals surface area (Å²) in [5, 5.41) is 3.44. The SMILES string of the molecule is CCN(CC)C(=O)c1ccc(C(=C2CCNCC2)c2ccccc2)cc1.[Cl-]. The fourth-order valence-corrected chi connectivity index (χ4v) is 3.63. The standard InChI is InChI=1S/C23H28N2O.ClH/c1-3-25(4-2)23(26)21-12-10-19(11-13-21)22(18-8-6-5-7-9-18)20-14-16-24-17-15-20;/h5-13,24H,3-4,14-17H2,1-2H3;1H/p-1. The molecule has 1 aliphatic heterocycles. The first kappa shape index (κ1) is 21.2. The number of benzene rings is 2. The van der Waals surface area contributed by atoms with Gasteiger partial charge in [0.05, 0.1) is 0 Å². The predicted octanol–water partition coefficient (Wildman–Crippen LogP) is 1.36. The number of rotatable bonds is 5. The lowest BCUT2D eigenvalue weighted by Gasteiger charge is -2.22. The zero-order valence-corrected chi connectivity index (χ0v) is 16.9. The number of carbonyl (C=O) groups is 1. The average Bonchev–Trinajstić information content (AvgIpc) is 2.71. The third kappa shape index (κ3) is 5.00. The molecule has 27 heavy (non-hydrogen) atoms. The van der Waals surface area contributed by atoms with Crippen molar-refractivity contribution in [1.82, 2.24) is 10.2 Å². The first-order chi connectivity index (χ1) is 12.7. The molecule has 1 N–H and O–H groups in total. The number of piperidine rings is 1. The molecular formula is C23H28ClN2O-. The molecule has 2 aromatic rings. The van der Waals surface area contributed by atoms with Gasteiger partial charge in [-0.15, -0.1) is 0 Å². The molecule has 0 radical (unpaired) electrons. The van der Waals surface area contributed by atoms with Crippen LogP contribution in [0.4, 0.5) is 0 Å². The van der Waals surface area contributed by atoms with Crippen LogP contribution in [0.25, 0.3) is 5.57 Å². The average molecular weight is 384 g/mol. The topological polar surface area (TPSA) is 32.3 Å². The van der Waals surface area contributed by atoms with Crippen LogP contribution >= 0.6 is 0 Å². The Labute approximate surface area is 168 Å². The van der Waals surface area contributed by atoms with Crippen molar-refractivity contribution >= 4 is 11.5 Å². The highest BCUT2D eigenvalue weighted by Gasteiger charge is 2.16. The molecule has 1 saturated heterocycles. The molecule has 0 bridgehead atoms. The van der Waals surface area contributed by atoms with E-state index in [2.05, 4.69) is 47.8 Å². The van der Waals surface area contributed by atoms with Crippen molar-refractivity contribution in [3.63, 3.8) is 0 Å². The van der Waals surface area contributed by atoms with Crippen molar-refractivity contribution in [2.24, 2.45) is 0 Å². The van der Waals surface area contributed by atoms with Crippen LogP contribution in [0.2, 0.25) is 0 Å². The molecule has 0 saturated carbocycles. The maximum Gasteiger partial charge on any atom is 0.253 e. The summed E-state index contributed by atoms with van der Waals surface area (Å²) in [6.07, 6.45) is 2.15. The second kappa shape index (κ2) is 10.3. The van der Waals surface area contributed by atoms with Gasteiger partial charge in [-0.25, -0.2) is 0 Å². The Morgan fingerprint density at radius 2 is 1.37 bits per heavy atom. The van der Waals surface area contributed by atoms with Gasteiger partial charge in [0.25, 0.3) is 5.91 Å². The van der Waals surface area contributed by atoms with Gasteiger partial charge in [0.1, 0.15) is 0 Å². The van der Waals surface area contributed by atoms with E-state index in [1.54, 1.807) is 0 Å². The van der Waals surface area contributed by atoms with Crippen molar-refractivity contribution in [3.8, 4) is 0 Å². The van der Waals surface area contributed by atoms with E-state index >= 15 is 0 Å². The lowest BCUT2D eigenvalue weighted by atomic mass is 9.88. The Bertz CT molecular complexity index is 757. The summed E-state index contributed by atoms with van der Waals surface area (Å²) in [6, 6.07) is 18.8. The Hall–Kier alpha value is -2.10. The predicted molar refractivity (Wildman–Crippen MR) is 108 cm³/mol. The van der Waals surface area contributed by atoms with Crippen LogP contribution in [0.15, 0.2) is 60.2 Å². The first-order valence-electron chi connectivity index (χ1n) is 9.62. The second-order valence-electron chi connectivity index (χ2n) is 6.65. The first-order valence-corrected chi connectivity index (χ1v) is 9.62. The van der Waals surface area contributed by atoms with E-state index < -0.39 is 0 Å². The fraction of sp³-hybridized carbons (Fsp3) is 0.348. The molecule has 1 amide bonds. The molecular weight excluding hydrogens is 356 g/mol. The highest BCUT2D eigenvalue weighted by Crippen LogP contribution is 2.31. The van der Waals surface area contributed by atoms with Crippen molar-refractivity contribution in [2.75, 3.05) is 26.2 Å². The van der Waals surface area contributed by atoms with Crippen molar-refractivity contribution in [2.45, 2.75) is 26.7 Å². The Kier molecular flexibility index (Phi) is 8.08.